The fourth-order valence-corrected chi connectivity index (χ4v) is 8.68. The Morgan fingerprint density at radius 1 is 1.00 bits per heavy atom. The Kier molecular flexibility index (Phi) is 17.1. The van der Waals surface area contributed by atoms with Gasteiger partial charge in [0.05, 0.1) is 63.9 Å². The van der Waals surface area contributed by atoms with Crippen molar-refractivity contribution >= 4 is 68.9 Å². The second-order valence-corrected chi connectivity index (χ2v) is 18.0. The summed E-state index contributed by atoms with van der Waals surface area (Å²) in [5.74, 6) is -5.93. The van der Waals surface area contributed by atoms with Gasteiger partial charge in [0, 0.05) is 35.7 Å². The molecule has 0 aliphatic carbocycles. The van der Waals surface area contributed by atoms with E-state index in [-0.39, 0.29) is 61.5 Å². The highest BCUT2D eigenvalue weighted by Crippen LogP contribution is 2.33. The largest absolute Gasteiger partial charge is 0.391 e. The van der Waals surface area contributed by atoms with E-state index in [1.807, 2.05) is 67.6 Å². The van der Waals surface area contributed by atoms with Crippen LogP contribution in [0.15, 0.2) is 70.7 Å². The van der Waals surface area contributed by atoms with Gasteiger partial charge in [0.1, 0.15) is 23.5 Å². The number of aryl methyl sites for hydroxylation is 2. The number of anilines is 2. The topological polar surface area (TPSA) is 200 Å². The average molecular weight is 1030 g/mol. The van der Waals surface area contributed by atoms with Crippen LogP contribution in [-0.2, 0) is 19.2 Å². The first-order valence-electron chi connectivity index (χ1n) is 20.9. The second kappa shape index (κ2) is 22.7. The summed E-state index contributed by atoms with van der Waals surface area (Å²) < 4.78 is 49.3. The van der Waals surface area contributed by atoms with Crippen LogP contribution in [0, 0.1) is 40.8 Å². The first-order chi connectivity index (χ1) is 31.1. The van der Waals surface area contributed by atoms with Gasteiger partial charge in [-0.3, -0.25) is 24.0 Å². The number of benzene rings is 3. The molecule has 346 valence electrons. The molecule has 3 heterocycles. The number of rotatable bonds is 20. The first kappa shape index (κ1) is 49.0. The highest BCUT2D eigenvalue weighted by Gasteiger charge is 2.43. The first-order valence-corrected chi connectivity index (χ1v) is 22.9. The third-order valence-corrected chi connectivity index (χ3v) is 12.3. The molecule has 3 aromatic carbocycles. The zero-order valence-electron chi connectivity index (χ0n) is 36.1. The van der Waals surface area contributed by atoms with Gasteiger partial charge in [0.25, 0.3) is 5.91 Å². The maximum atomic E-state index is 14.8. The Balaban J connectivity index is 1.00. The summed E-state index contributed by atoms with van der Waals surface area (Å²) >= 11 is 3.41. The molecule has 0 spiro atoms. The lowest BCUT2D eigenvalue weighted by molar-refractivity contribution is -0.141. The van der Waals surface area contributed by atoms with E-state index >= 15 is 0 Å². The third-order valence-electron chi connectivity index (χ3n) is 10.7. The molecule has 0 saturated carbocycles. The molecule has 2 aromatic heterocycles. The lowest BCUT2D eigenvalue weighted by Gasteiger charge is -2.30. The molecule has 1 fully saturated rings. The van der Waals surface area contributed by atoms with Gasteiger partial charge in [0.2, 0.25) is 17.7 Å². The third kappa shape index (κ3) is 12.7. The van der Waals surface area contributed by atoms with Gasteiger partial charge in [-0.15, -0.1) is 11.3 Å². The number of amides is 4. The van der Waals surface area contributed by atoms with Crippen LogP contribution in [0.25, 0.3) is 10.4 Å². The van der Waals surface area contributed by atoms with Crippen LogP contribution >= 0.6 is 33.9 Å². The van der Waals surface area contributed by atoms with E-state index in [1.165, 1.54) is 28.4 Å². The number of hydrogen-bond acceptors (Lipinski definition) is 12. The Morgan fingerprint density at radius 3 is 2.45 bits per heavy atom. The van der Waals surface area contributed by atoms with Crippen LogP contribution in [0.3, 0.4) is 0 Å². The Morgan fingerprint density at radius 2 is 1.77 bits per heavy atom. The lowest BCUT2D eigenvalue weighted by atomic mass is 9.91. The summed E-state index contributed by atoms with van der Waals surface area (Å²) in [5.41, 5.74) is 6.05. The van der Waals surface area contributed by atoms with E-state index in [1.54, 1.807) is 24.6 Å². The highest BCUT2D eigenvalue weighted by molar-refractivity contribution is 14.1. The van der Waals surface area contributed by atoms with E-state index < -0.39 is 59.1 Å². The Labute approximate surface area is 391 Å². The van der Waals surface area contributed by atoms with Crippen LogP contribution in [0.1, 0.15) is 78.1 Å². The van der Waals surface area contributed by atoms with Crippen molar-refractivity contribution in [1.29, 1.82) is 0 Å². The molecule has 1 saturated heterocycles. The van der Waals surface area contributed by atoms with Crippen molar-refractivity contribution < 1.29 is 46.8 Å². The summed E-state index contributed by atoms with van der Waals surface area (Å²) in [5, 5.41) is 26.1. The number of thiazole rings is 1. The fraction of sp³-hybridized carbons (Fsp3) is 0.378. The SMILES string of the molecule is Cc1cc([C@H](C(=O)N2C[C@H](O)C[C@H]2C(=O)N[C@@H](CC(=O)NCCNCCCONC(=O)c2ccc(F)c(F)c2Nc2ccc(I)cc2F)c2ccc(-c3scnc3C)cc2)C(C)C)on1. The van der Waals surface area contributed by atoms with Crippen LogP contribution in [0.2, 0.25) is 0 Å². The second-order valence-electron chi connectivity index (χ2n) is 15.9. The molecule has 6 rings (SSSR count). The number of halogens is 4. The van der Waals surface area contributed by atoms with E-state index in [4.69, 9.17) is 9.36 Å². The minimum atomic E-state index is -1.36. The van der Waals surface area contributed by atoms with Crippen molar-refractivity contribution in [2.24, 2.45) is 5.92 Å². The maximum Gasteiger partial charge on any atom is 0.277 e. The summed E-state index contributed by atoms with van der Waals surface area (Å²) in [7, 11) is 0. The van der Waals surface area contributed by atoms with Crippen molar-refractivity contribution in [2.45, 2.75) is 71.1 Å². The van der Waals surface area contributed by atoms with Gasteiger partial charge >= 0.3 is 0 Å². The van der Waals surface area contributed by atoms with Gasteiger partial charge in [-0.1, -0.05) is 43.3 Å². The zero-order chi connectivity index (χ0) is 46.8. The van der Waals surface area contributed by atoms with Gasteiger partial charge < -0.3 is 35.8 Å². The maximum absolute atomic E-state index is 14.8. The zero-order valence-corrected chi connectivity index (χ0v) is 39.0. The number of hydroxylamine groups is 1. The van der Waals surface area contributed by atoms with E-state index in [2.05, 4.69) is 36.9 Å². The van der Waals surface area contributed by atoms with Gasteiger partial charge in [-0.05, 0) is 96.8 Å². The van der Waals surface area contributed by atoms with E-state index in [9.17, 15) is 37.5 Å². The van der Waals surface area contributed by atoms with E-state index in [0.29, 0.717) is 40.1 Å². The summed E-state index contributed by atoms with van der Waals surface area (Å²) in [6.07, 6.45) is -0.614. The number of nitrogens with one attached hydrogen (secondary N) is 5. The lowest BCUT2D eigenvalue weighted by Crippen LogP contribution is -2.49. The van der Waals surface area contributed by atoms with Crippen LogP contribution in [0.5, 0.6) is 0 Å². The number of likely N-dealkylation sites (tertiary alicyclic amines) is 1. The number of carbonyl (C=O) groups excluding carboxylic acids is 4. The molecule has 20 heteroatoms. The minimum absolute atomic E-state index is 0.0205. The summed E-state index contributed by atoms with van der Waals surface area (Å²) in [6.45, 7) is 8.46. The number of β-amino-alcohol motifs (C(OH)–C–C–N with tert-alkyl or cyclic N) is 1. The molecule has 0 radical (unpaired) electrons. The van der Waals surface area contributed by atoms with Crippen molar-refractivity contribution in [3.63, 3.8) is 0 Å². The van der Waals surface area contributed by atoms with Crippen LogP contribution in [0.4, 0.5) is 24.5 Å². The molecule has 0 unspecified atom stereocenters. The van der Waals surface area contributed by atoms with Crippen molar-refractivity contribution in [3.05, 3.63) is 115 Å². The number of carbonyl (C=O) groups is 4. The highest BCUT2D eigenvalue weighted by atomic mass is 127. The van der Waals surface area contributed by atoms with Gasteiger partial charge in [-0.25, -0.2) is 23.6 Å². The fourth-order valence-electron chi connectivity index (χ4n) is 7.42. The van der Waals surface area contributed by atoms with Gasteiger partial charge in [-0.2, -0.15) is 0 Å². The number of nitrogens with zero attached hydrogens (tertiary/aromatic N) is 3. The Hall–Kier alpha value is -5.42. The molecule has 5 aromatic rings. The normalized spacial score (nSPS) is 15.8. The molecule has 4 amide bonds. The molecule has 1 aliphatic rings. The standard InChI is InChI=1S/C45H50F3IN8O7S/c1-24(2)39(37-18-25(3)55-64-37)45(62)57-22-30(58)20-36(57)44(61)54-35(27-6-8-28(9-7-27)42-26(4)52-23-65-42)21-38(59)51-16-15-50-14-5-17-63-56-43(60)31-11-12-32(46)40(48)41(31)53-34-13-10-29(49)19-33(34)47/h6-13,18-19,23-24,30,35-36,39,50,53,58H,5,14-17,20-22H2,1-4H3,(H,51,59)(H,54,61)(H,56,60)/t30-,35+,36+,39-/m1/s1. The smallest absolute Gasteiger partial charge is 0.277 e. The van der Waals surface area contributed by atoms with Crippen molar-refractivity contribution in [3.8, 4) is 10.4 Å². The van der Waals surface area contributed by atoms with Crippen LogP contribution in [-0.4, -0.2) is 88.7 Å². The molecule has 4 atom stereocenters. The number of aliphatic hydroxyl groups is 1. The van der Waals surface area contributed by atoms with E-state index in [0.717, 1.165) is 28.3 Å². The van der Waals surface area contributed by atoms with Crippen molar-refractivity contribution in [2.75, 3.05) is 38.1 Å². The molecular formula is C45H50F3IN8O7S. The predicted octanol–water partition coefficient (Wildman–Crippen LogP) is 6.59. The number of aliphatic hydroxyl groups excluding tert-OH is 1. The summed E-state index contributed by atoms with van der Waals surface area (Å²) in [6, 6.07) is 13.3. The van der Waals surface area contributed by atoms with Crippen molar-refractivity contribution in [1.82, 2.24) is 36.5 Å². The average Bonchev–Trinajstić information content (AvgIpc) is 4.01. The monoisotopic (exact) mass is 1030 g/mol. The molecule has 15 nitrogen and oxygen atoms in total. The molecular weight excluding hydrogens is 981 g/mol. The quantitative estimate of drug-likeness (QED) is 0.0280. The Bertz CT molecular complexity index is 2470. The minimum Gasteiger partial charge on any atom is -0.391 e. The molecule has 6 N–H and O–H groups in total. The molecule has 65 heavy (non-hydrogen) atoms. The predicted molar refractivity (Wildman–Crippen MR) is 245 cm³/mol. The summed E-state index contributed by atoms with van der Waals surface area (Å²) in [4.78, 5) is 66.3. The number of aromatic nitrogens is 2. The molecule has 0 bridgehead atoms. The van der Waals surface area contributed by atoms with Gasteiger partial charge in [0.15, 0.2) is 11.6 Å². The molecule has 1 aliphatic heterocycles. The number of hydrogen-bond donors (Lipinski definition) is 6. The van der Waals surface area contributed by atoms with Crippen LogP contribution < -0.4 is 26.7 Å².